The van der Waals surface area contributed by atoms with Crippen LogP contribution in [-0.2, 0) is 0 Å². The maximum atomic E-state index is 9.66. The molecule has 0 aliphatic carbocycles. The van der Waals surface area contributed by atoms with E-state index in [4.69, 9.17) is 25.8 Å². The maximum Gasteiger partial charge on any atom is 0.143 e. The number of methoxy groups -OCH3 is 2. The highest BCUT2D eigenvalue weighted by atomic mass is 35.5. The first kappa shape index (κ1) is 18.8. The Kier molecular flexibility index (Phi) is 6.79. The molecule has 0 radical (unpaired) electrons. The van der Waals surface area contributed by atoms with Crippen LogP contribution in [0.5, 0.6) is 17.2 Å². The van der Waals surface area contributed by atoms with Gasteiger partial charge in [0.15, 0.2) is 0 Å². The molecule has 25 heavy (non-hydrogen) atoms. The van der Waals surface area contributed by atoms with Crippen LogP contribution in [0.1, 0.15) is 24.9 Å². The Hall–Kier alpha value is -2.58. The van der Waals surface area contributed by atoms with Gasteiger partial charge in [0.2, 0.25) is 0 Å². The van der Waals surface area contributed by atoms with E-state index in [0.717, 1.165) is 6.42 Å². The molecule has 2 aromatic rings. The molecule has 1 atom stereocenters. The Morgan fingerprint density at radius 1 is 1.12 bits per heavy atom. The zero-order valence-electron chi connectivity index (χ0n) is 14.5. The van der Waals surface area contributed by atoms with Crippen molar-refractivity contribution in [1.29, 1.82) is 5.26 Å². The van der Waals surface area contributed by atoms with Crippen molar-refractivity contribution in [2.75, 3.05) is 26.1 Å². The molecule has 5 nitrogen and oxygen atoms in total. The number of hydrogen-bond donors (Lipinski definition) is 1. The van der Waals surface area contributed by atoms with Gasteiger partial charge in [-0.15, -0.1) is 0 Å². The second-order valence-electron chi connectivity index (χ2n) is 5.34. The molecular weight excluding hydrogens is 340 g/mol. The normalized spacial score (nSPS) is 11.3. The predicted molar refractivity (Wildman–Crippen MR) is 98.8 cm³/mol. The van der Waals surface area contributed by atoms with Crippen LogP contribution in [0.4, 0.5) is 5.69 Å². The molecule has 0 bridgehead atoms. The lowest BCUT2D eigenvalue weighted by atomic mass is 10.1. The lowest BCUT2D eigenvalue weighted by Crippen LogP contribution is -2.11. The first-order chi connectivity index (χ1) is 12.1. The predicted octanol–water partition coefficient (Wildman–Crippen LogP) is 4.82. The number of nitrogens with one attached hydrogen (secondary N) is 1. The first-order valence-corrected chi connectivity index (χ1v) is 8.30. The number of anilines is 1. The topological polar surface area (TPSA) is 63.5 Å². The molecule has 0 aliphatic rings. The number of nitrogens with zero attached hydrogens (tertiary/aromatic N) is 1. The first-order valence-electron chi connectivity index (χ1n) is 7.92. The molecule has 0 saturated carbocycles. The summed E-state index contributed by atoms with van der Waals surface area (Å²) in [5, 5.41) is 13.4. The monoisotopic (exact) mass is 360 g/mol. The summed E-state index contributed by atoms with van der Waals surface area (Å²) in [6.45, 7) is 2.60. The summed E-state index contributed by atoms with van der Waals surface area (Å²) in [5.41, 5.74) is 1.38. The minimum absolute atomic E-state index is 0.545. The van der Waals surface area contributed by atoms with Crippen LogP contribution < -0.4 is 19.5 Å². The van der Waals surface area contributed by atoms with E-state index < -0.39 is 6.04 Å². The van der Waals surface area contributed by atoms with Gasteiger partial charge in [0, 0.05) is 34.5 Å². The molecule has 1 unspecified atom stereocenters. The third kappa shape index (κ3) is 4.94. The molecule has 1 N–H and O–H groups in total. The summed E-state index contributed by atoms with van der Waals surface area (Å²) in [6, 6.07) is 12.2. The van der Waals surface area contributed by atoms with E-state index in [1.807, 2.05) is 6.92 Å². The molecule has 0 amide bonds. The highest BCUT2D eigenvalue weighted by Gasteiger charge is 2.17. The van der Waals surface area contributed by atoms with Gasteiger partial charge >= 0.3 is 0 Å². The van der Waals surface area contributed by atoms with Gasteiger partial charge in [-0.25, -0.2) is 0 Å². The van der Waals surface area contributed by atoms with Crippen molar-refractivity contribution in [3.05, 3.63) is 47.0 Å². The van der Waals surface area contributed by atoms with Crippen molar-refractivity contribution in [2.24, 2.45) is 0 Å². The summed E-state index contributed by atoms with van der Waals surface area (Å²) in [4.78, 5) is 0. The molecule has 6 heteroatoms. The molecule has 2 rings (SSSR count). The Morgan fingerprint density at radius 2 is 1.80 bits per heavy atom. The van der Waals surface area contributed by atoms with Crippen LogP contribution in [0.3, 0.4) is 0 Å². The van der Waals surface area contributed by atoms with Crippen LogP contribution in [0.2, 0.25) is 5.02 Å². The summed E-state index contributed by atoms with van der Waals surface area (Å²) in [5.74, 6) is 1.90. The van der Waals surface area contributed by atoms with Gasteiger partial charge in [-0.3, -0.25) is 0 Å². The van der Waals surface area contributed by atoms with Gasteiger partial charge in [-0.05, 0) is 24.6 Å². The van der Waals surface area contributed by atoms with Gasteiger partial charge in [-0.1, -0.05) is 18.5 Å². The number of halogens is 1. The van der Waals surface area contributed by atoms with Gasteiger partial charge in [0.1, 0.15) is 23.3 Å². The molecule has 0 fully saturated rings. The number of rotatable bonds is 8. The van der Waals surface area contributed by atoms with E-state index in [9.17, 15) is 5.26 Å². The number of benzene rings is 2. The molecule has 2 aromatic carbocycles. The third-order valence-corrected chi connectivity index (χ3v) is 3.77. The van der Waals surface area contributed by atoms with E-state index in [1.165, 1.54) is 0 Å². The minimum atomic E-state index is -0.637. The Bertz CT molecular complexity index is 737. The largest absolute Gasteiger partial charge is 0.497 e. The van der Waals surface area contributed by atoms with Crippen LogP contribution in [0.15, 0.2) is 36.4 Å². The van der Waals surface area contributed by atoms with E-state index in [0.29, 0.717) is 40.1 Å². The highest BCUT2D eigenvalue weighted by Crippen LogP contribution is 2.33. The van der Waals surface area contributed by atoms with Crippen LogP contribution in [0.25, 0.3) is 0 Å². The quantitative estimate of drug-likeness (QED) is 0.731. The van der Waals surface area contributed by atoms with Crippen molar-refractivity contribution in [3.8, 4) is 23.3 Å². The molecule has 0 aliphatic heterocycles. The van der Waals surface area contributed by atoms with Crippen molar-refractivity contribution in [2.45, 2.75) is 19.4 Å². The van der Waals surface area contributed by atoms with Crippen LogP contribution >= 0.6 is 11.6 Å². The highest BCUT2D eigenvalue weighted by molar-refractivity contribution is 6.30. The summed E-state index contributed by atoms with van der Waals surface area (Å²) < 4.78 is 16.3. The van der Waals surface area contributed by atoms with Crippen LogP contribution in [0, 0.1) is 11.3 Å². The molecule has 132 valence electrons. The zero-order chi connectivity index (χ0) is 18.2. The fraction of sp³-hybridized carbons (Fsp3) is 0.316. The van der Waals surface area contributed by atoms with Gasteiger partial charge in [0.25, 0.3) is 0 Å². The second-order valence-corrected chi connectivity index (χ2v) is 5.77. The minimum Gasteiger partial charge on any atom is -0.497 e. The van der Waals surface area contributed by atoms with E-state index >= 15 is 0 Å². The maximum absolute atomic E-state index is 9.66. The van der Waals surface area contributed by atoms with Crippen molar-refractivity contribution in [3.63, 3.8) is 0 Å². The molecule has 0 saturated heterocycles. The van der Waals surface area contributed by atoms with Crippen molar-refractivity contribution < 1.29 is 14.2 Å². The Labute approximate surface area is 153 Å². The summed E-state index contributed by atoms with van der Waals surface area (Å²) >= 11 is 6.12. The van der Waals surface area contributed by atoms with Gasteiger partial charge in [0.05, 0.1) is 26.9 Å². The number of hydrogen-bond acceptors (Lipinski definition) is 5. The lowest BCUT2D eigenvalue weighted by molar-refractivity contribution is 0.314. The summed E-state index contributed by atoms with van der Waals surface area (Å²) in [6.07, 6.45) is 0.875. The molecular formula is C19H21ClN2O3. The van der Waals surface area contributed by atoms with Crippen molar-refractivity contribution in [1.82, 2.24) is 0 Å². The number of ether oxygens (including phenoxy) is 3. The average molecular weight is 361 g/mol. The third-order valence-electron chi connectivity index (χ3n) is 3.54. The molecule has 0 aromatic heterocycles. The number of nitriles is 1. The standard InChI is InChI=1S/C19H21ClN2O3/c1-4-7-25-19-6-5-13(20)8-17(19)18(12-21)22-14-9-15(23-2)11-16(10-14)24-3/h5-6,8-11,18,22H,4,7H2,1-3H3. The smallest absolute Gasteiger partial charge is 0.143 e. The second kappa shape index (κ2) is 9.05. The van der Waals surface area contributed by atoms with Gasteiger partial charge < -0.3 is 19.5 Å². The summed E-state index contributed by atoms with van der Waals surface area (Å²) in [7, 11) is 3.15. The SMILES string of the molecule is CCCOc1ccc(Cl)cc1C(C#N)Nc1cc(OC)cc(OC)c1. The van der Waals surface area contributed by atoms with E-state index in [1.54, 1.807) is 50.6 Å². The van der Waals surface area contributed by atoms with E-state index in [2.05, 4.69) is 11.4 Å². The molecule has 0 heterocycles. The Balaban J connectivity index is 2.35. The Morgan fingerprint density at radius 3 is 2.36 bits per heavy atom. The van der Waals surface area contributed by atoms with E-state index in [-0.39, 0.29) is 0 Å². The fourth-order valence-electron chi connectivity index (χ4n) is 2.33. The van der Waals surface area contributed by atoms with Gasteiger partial charge in [-0.2, -0.15) is 5.26 Å². The van der Waals surface area contributed by atoms with Crippen molar-refractivity contribution >= 4 is 17.3 Å². The molecule has 0 spiro atoms. The zero-order valence-corrected chi connectivity index (χ0v) is 15.3. The fourth-order valence-corrected chi connectivity index (χ4v) is 2.51. The lowest BCUT2D eigenvalue weighted by Gasteiger charge is -2.18. The van der Waals surface area contributed by atoms with Crippen LogP contribution in [-0.4, -0.2) is 20.8 Å². The average Bonchev–Trinajstić information content (AvgIpc) is 2.64.